The molecular formula is C10H11ClN2O3. The van der Waals surface area contributed by atoms with Gasteiger partial charge in [-0.15, -0.1) is 0 Å². The van der Waals surface area contributed by atoms with Crippen LogP contribution >= 0.6 is 11.6 Å². The maximum Gasteiger partial charge on any atom is 0.325 e. The molecule has 2 N–H and O–H groups in total. The largest absolute Gasteiger partial charge is 0.480 e. The third-order valence-electron chi connectivity index (χ3n) is 1.95. The van der Waals surface area contributed by atoms with Gasteiger partial charge in [0, 0.05) is 11.9 Å². The second kappa shape index (κ2) is 4.94. The summed E-state index contributed by atoms with van der Waals surface area (Å²) in [7, 11) is 0. The minimum absolute atomic E-state index is 0.167. The number of aryl methyl sites for hydroxylation is 1. The minimum atomic E-state index is -1.11. The second-order valence-corrected chi connectivity index (χ2v) is 3.75. The first-order valence-corrected chi connectivity index (χ1v) is 4.95. The van der Waals surface area contributed by atoms with E-state index in [-0.39, 0.29) is 10.6 Å². The topological polar surface area (TPSA) is 79.3 Å². The Balaban J connectivity index is 2.85. The fraction of sp³-hybridized carbons (Fsp3) is 0.300. The van der Waals surface area contributed by atoms with Crippen LogP contribution in [0.4, 0.5) is 0 Å². The van der Waals surface area contributed by atoms with Crippen LogP contribution in [0.15, 0.2) is 12.3 Å². The number of pyridine rings is 1. The average molecular weight is 243 g/mol. The zero-order chi connectivity index (χ0) is 12.3. The first-order chi connectivity index (χ1) is 7.41. The molecule has 0 saturated heterocycles. The number of carboxylic acids is 1. The molecule has 1 heterocycles. The molecule has 0 radical (unpaired) electrons. The van der Waals surface area contributed by atoms with Gasteiger partial charge in [-0.1, -0.05) is 11.6 Å². The van der Waals surface area contributed by atoms with Crippen LogP contribution in [-0.4, -0.2) is 28.0 Å². The quantitative estimate of drug-likeness (QED) is 0.836. The van der Waals surface area contributed by atoms with Crippen molar-refractivity contribution in [1.29, 1.82) is 0 Å². The first kappa shape index (κ1) is 12.4. The Morgan fingerprint density at radius 1 is 1.56 bits per heavy atom. The number of hydrogen-bond donors (Lipinski definition) is 2. The number of aromatic nitrogens is 1. The van der Waals surface area contributed by atoms with Crippen molar-refractivity contribution < 1.29 is 14.7 Å². The number of nitrogens with one attached hydrogen (secondary N) is 1. The first-order valence-electron chi connectivity index (χ1n) is 4.57. The lowest BCUT2D eigenvalue weighted by Gasteiger charge is -2.10. The maximum absolute atomic E-state index is 11.6. The van der Waals surface area contributed by atoms with Gasteiger partial charge in [0.2, 0.25) is 0 Å². The van der Waals surface area contributed by atoms with Crippen molar-refractivity contribution in [2.24, 2.45) is 0 Å². The molecule has 0 aliphatic heterocycles. The molecule has 16 heavy (non-hydrogen) atoms. The molecule has 0 spiro atoms. The second-order valence-electron chi connectivity index (χ2n) is 3.34. The highest BCUT2D eigenvalue weighted by Crippen LogP contribution is 2.15. The summed E-state index contributed by atoms with van der Waals surface area (Å²) >= 11 is 5.84. The molecule has 86 valence electrons. The van der Waals surface area contributed by atoms with E-state index < -0.39 is 17.9 Å². The summed E-state index contributed by atoms with van der Waals surface area (Å²) in [6, 6.07) is 0.576. The van der Waals surface area contributed by atoms with Crippen molar-refractivity contribution in [3.05, 3.63) is 28.5 Å². The molecule has 1 aromatic heterocycles. The van der Waals surface area contributed by atoms with Crippen LogP contribution in [0.1, 0.15) is 23.0 Å². The molecule has 5 nitrogen and oxygen atoms in total. The minimum Gasteiger partial charge on any atom is -0.480 e. The number of carboxylic acid groups (broad SMARTS) is 1. The lowest BCUT2D eigenvalue weighted by atomic mass is 10.2. The van der Waals surface area contributed by atoms with Crippen molar-refractivity contribution in [3.63, 3.8) is 0 Å². The van der Waals surface area contributed by atoms with Gasteiger partial charge in [0.15, 0.2) is 0 Å². The Morgan fingerprint density at radius 3 is 2.69 bits per heavy atom. The number of nitrogens with zero attached hydrogens (tertiary/aromatic N) is 1. The van der Waals surface area contributed by atoms with E-state index in [9.17, 15) is 9.59 Å². The Kier molecular flexibility index (Phi) is 3.84. The van der Waals surface area contributed by atoms with Gasteiger partial charge in [-0.25, -0.2) is 0 Å². The Hall–Kier alpha value is -1.62. The van der Waals surface area contributed by atoms with Crippen molar-refractivity contribution in [1.82, 2.24) is 10.3 Å². The van der Waals surface area contributed by atoms with Crippen LogP contribution in [0.25, 0.3) is 0 Å². The van der Waals surface area contributed by atoms with E-state index >= 15 is 0 Å². The van der Waals surface area contributed by atoms with Gasteiger partial charge in [0.25, 0.3) is 5.91 Å². The van der Waals surface area contributed by atoms with Crippen LogP contribution in [0.3, 0.4) is 0 Å². The molecule has 1 aromatic rings. The Morgan fingerprint density at radius 2 is 2.19 bits per heavy atom. The van der Waals surface area contributed by atoms with E-state index in [1.807, 2.05) is 0 Å². The van der Waals surface area contributed by atoms with E-state index in [1.165, 1.54) is 13.1 Å². The number of amides is 1. The summed E-state index contributed by atoms with van der Waals surface area (Å²) < 4.78 is 0. The van der Waals surface area contributed by atoms with Crippen molar-refractivity contribution in [2.45, 2.75) is 19.9 Å². The van der Waals surface area contributed by atoms with Crippen LogP contribution < -0.4 is 5.32 Å². The van der Waals surface area contributed by atoms with Gasteiger partial charge in [-0.05, 0) is 19.9 Å². The van der Waals surface area contributed by atoms with Gasteiger partial charge in [-0.3, -0.25) is 14.6 Å². The van der Waals surface area contributed by atoms with Gasteiger partial charge >= 0.3 is 5.97 Å². The van der Waals surface area contributed by atoms with Crippen molar-refractivity contribution >= 4 is 23.5 Å². The number of halogens is 1. The lowest BCUT2D eigenvalue weighted by Crippen LogP contribution is -2.38. The van der Waals surface area contributed by atoms with Crippen LogP contribution in [0.2, 0.25) is 5.02 Å². The van der Waals surface area contributed by atoms with Gasteiger partial charge in [0.1, 0.15) is 6.04 Å². The standard InChI is InChI=1S/C10H11ClN2O3/c1-5-3-8(11)7(4-12-5)9(14)13-6(2)10(15)16/h3-4,6H,1-2H3,(H,13,14)(H,15,16)/t6-/m0/s1. The molecule has 0 aliphatic rings. The molecule has 1 atom stereocenters. The number of carbonyl (C=O) groups is 2. The van der Waals surface area contributed by atoms with E-state index in [4.69, 9.17) is 16.7 Å². The molecule has 0 aliphatic carbocycles. The SMILES string of the molecule is Cc1cc(Cl)c(C(=O)N[C@@H](C)C(=O)O)cn1. The van der Waals surface area contributed by atoms with Crippen LogP contribution in [-0.2, 0) is 4.79 Å². The summed E-state index contributed by atoms with van der Waals surface area (Å²) in [5, 5.41) is 11.2. The third kappa shape index (κ3) is 2.93. The molecule has 6 heteroatoms. The molecule has 0 unspecified atom stereocenters. The van der Waals surface area contributed by atoms with E-state index in [1.54, 1.807) is 13.0 Å². The molecule has 0 bridgehead atoms. The summed E-state index contributed by atoms with van der Waals surface area (Å²) in [6.07, 6.45) is 1.32. The van der Waals surface area contributed by atoms with Crippen molar-refractivity contribution in [2.75, 3.05) is 0 Å². The Labute approximate surface area is 97.4 Å². The van der Waals surface area contributed by atoms with E-state index in [0.717, 1.165) is 0 Å². The van der Waals surface area contributed by atoms with Crippen LogP contribution in [0.5, 0.6) is 0 Å². The number of carbonyl (C=O) groups excluding carboxylic acids is 1. The normalized spacial score (nSPS) is 11.9. The fourth-order valence-electron chi connectivity index (χ4n) is 1.03. The highest BCUT2D eigenvalue weighted by atomic mass is 35.5. The summed E-state index contributed by atoms with van der Waals surface area (Å²) in [4.78, 5) is 26.1. The zero-order valence-corrected chi connectivity index (χ0v) is 9.58. The predicted molar refractivity (Wildman–Crippen MR) is 58.5 cm³/mol. The summed E-state index contributed by atoms with van der Waals surface area (Å²) in [6.45, 7) is 3.11. The number of hydrogen-bond acceptors (Lipinski definition) is 3. The van der Waals surface area contributed by atoms with Crippen LogP contribution in [0, 0.1) is 6.92 Å². The number of aliphatic carboxylic acids is 1. The highest BCUT2D eigenvalue weighted by Gasteiger charge is 2.17. The van der Waals surface area contributed by atoms with Crippen molar-refractivity contribution in [3.8, 4) is 0 Å². The average Bonchev–Trinajstić information content (AvgIpc) is 2.16. The third-order valence-corrected chi connectivity index (χ3v) is 2.27. The Bertz CT molecular complexity index is 434. The monoisotopic (exact) mass is 242 g/mol. The fourth-order valence-corrected chi connectivity index (χ4v) is 1.32. The smallest absolute Gasteiger partial charge is 0.325 e. The molecule has 0 saturated carbocycles. The van der Waals surface area contributed by atoms with Gasteiger partial charge in [0.05, 0.1) is 10.6 Å². The molecule has 1 amide bonds. The molecule has 1 rings (SSSR count). The highest BCUT2D eigenvalue weighted by molar-refractivity contribution is 6.33. The zero-order valence-electron chi connectivity index (χ0n) is 8.82. The number of rotatable bonds is 3. The summed E-state index contributed by atoms with van der Waals surface area (Å²) in [5.41, 5.74) is 0.855. The summed E-state index contributed by atoms with van der Waals surface area (Å²) in [5.74, 6) is -1.66. The van der Waals surface area contributed by atoms with E-state index in [2.05, 4.69) is 10.3 Å². The van der Waals surface area contributed by atoms with E-state index in [0.29, 0.717) is 5.69 Å². The maximum atomic E-state index is 11.6. The van der Waals surface area contributed by atoms with Gasteiger partial charge in [-0.2, -0.15) is 0 Å². The lowest BCUT2D eigenvalue weighted by molar-refractivity contribution is -0.138. The molecular weight excluding hydrogens is 232 g/mol. The van der Waals surface area contributed by atoms with Gasteiger partial charge < -0.3 is 10.4 Å². The predicted octanol–water partition coefficient (Wildman–Crippen LogP) is 1.25. The molecule has 0 fully saturated rings. The molecule has 0 aromatic carbocycles.